The molecule has 0 radical (unpaired) electrons. The molecule has 1 aromatic heterocycles. The molecule has 0 spiro atoms. The monoisotopic (exact) mass is 241 g/mol. The summed E-state index contributed by atoms with van der Waals surface area (Å²) in [5.74, 6) is 5.35. The van der Waals surface area contributed by atoms with Crippen LogP contribution < -0.4 is 11.3 Å². The molecule has 6 heteroatoms. The Morgan fingerprint density at radius 2 is 2.41 bits per heavy atom. The normalized spacial score (nSPS) is 10.8. The Labute approximate surface area is 101 Å². The van der Waals surface area contributed by atoms with E-state index in [4.69, 9.17) is 15.0 Å². The van der Waals surface area contributed by atoms with Gasteiger partial charge in [-0.05, 0) is 20.0 Å². The van der Waals surface area contributed by atoms with Crippen LogP contribution in [0, 0.1) is 0 Å². The third-order valence-corrected chi connectivity index (χ3v) is 2.36. The van der Waals surface area contributed by atoms with Gasteiger partial charge in [0.15, 0.2) is 0 Å². The van der Waals surface area contributed by atoms with Crippen molar-refractivity contribution >= 4 is 5.91 Å². The molecule has 0 bridgehead atoms. The van der Waals surface area contributed by atoms with E-state index >= 15 is 0 Å². The summed E-state index contributed by atoms with van der Waals surface area (Å²) < 4.78 is 10.5. The molecular formula is C11H19N3O3. The molecule has 6 nitrogen and oxygen atoms in total. The maximum Gasteiger partial charge on any atom is 0.268 e. The van der Waals surface area contributed by atoms with Crippen LogP contribution in [0.15, 0.2) is 16.7 Å². The fraction of sp³-hybridized carbons (Fsp3) is 0.545. The number of hydrazine groups is 1. The van der Waals surface area contributed by atoms with Gasteiger partial charge in [0, 0.05) is 13.2 Å². The molecule has 0 unspecified atom stereocenters. The number of nitrogens with two attached hydrogens (primary N) is 1. The van der Waals surface area contributed by atoms with Crippen molar-refractivity contribution < 1.29 is 13.9 Å². The van der Waals surface area contributed by atoms with E-state index in [9.17, 15) is 4.79 Å². The quantitative estimate of drug-likeness (QED) is 0.311. The maximum atomic E-state index is 11.4. The van der Waals surface area contributed by atoms with Crippen LogP contribution in [0.25, 0.3) is 0 Å². The van der Waals surface area contributed by atoms with E-state index in [1.54, 1.807) is 6.07 Å². The average molecular weight is 241 g/mol. The van der Waals surface area contributed by atoms with Gasteiger partial charge in [-0.2, -0.15) is 0 Å². The Hall–Kier alpha value is -1.37. The summed E-state index contributed by atoms with van der Waals surface area (Å²) >= 11 is 0. The third kappa shape index (κ3) is 4.18. The van der Waals surface area contributed by atoms with Crippen LogP contribution in [-0.2, 0) is 11.3 Å². The number of nitrogens with one attached hydrogen (secondary N) is 1. The smallest absolute Gasteiger partial charge is 0.268 e. The van der Waals surface area contributed by atoms with E-state index in [0.717, 1.165) is 6.54 Å². The average Bonchev–Trinajstić information content (AvgIpc) is 2.76. The molecule has 0 fully saturated rings. The first-order valence-electron chi connectivity index (χ1n) is 5.52. The van der Waals surface area contributed by atoms with E-state index in [2.05, 4.69) is 5.43 Å². The minimum absolute atomic E-state index is 0.341. The number of likely N-dealkylation sites (N-methyl/N-ethyl adjacent to an activating group) is 1. The van der Waals surface area contributed by atoms with Crippen molar-refractivity contribution in [2.24, 2.45) is 5.84 Å². The summed E-state index contributed by atoms with van der Waals surface area (Å²) in [4.78, 5) is 13.4. The Balaban J connectivity index is 2.50. The van der Waals surface area contributed by atoms with Gasteiger partial charge in [0.05, 0.1) is 25.0 Å². The standard InChI is InChI=1S/C11H19N3O3/c1-3-16-7-5-14(2)8-10-9(4-6-17-10)11(15)13-12/h4,6H,3,5,7-8,12H2,1-2H3,(H,13,15). The molecule has 0 atom stereocenters. The van der Waals surface area contributed by atoms with Gasteiger partial charge in [-0.1, -0.05) is 0 Å². The Morgan fingerprint density at radius 1 is 1.65 bits per heavy atom. The van der Waals surface area contributed by atoms with Crippen molar-refractivity contribution in [3.63, 3.8) is 0 Å². The summed E-state index contributed by atoms with van der Waals surface area (Å²) in [5, 5.41) is 0. The van der Waals surface area contributed by atoms with E-state index in [1.807, 2.05) is 18.9 Å². The first-order valence-corrected chi connectivity index (χ1v) is 5.52. The number of nitrogens with zero attached hydrogens (tertiary/aromatic N) is 1. The Kier molecular flexibility index (Phi) is 5.68. The molecule has 0 saturated heterocycles. The van der Waals surface area contributed by atoms with Crippen molar-refractivity contribution in [1.29, 1.82) is 0 Å². The predicted octanol–water partition coefficient (Wildman–Crippen LogP) is 0.351. The largest absolute Gasteiger partial charge is 0.467 e. The number of ether oxygens (including phenoxy) is 1. The topological polar surface area (TPSA) is 80.7 Å². The number of amides is 1. The second-order valence-electron chi connectivity index (χ2n) is 3.67. The van der Waals surface area contributed by atoms with Gasteiger partial charge in [-0.15, -0.1) is 0 Å². The molecule has 0 aromatic carbocycles. The highest BCUT2D eigenvalue weighted by Gasteiger charge is 2.14. The summed E-state index contributed by atoms with van der Waals surface area (Å²) in [6.07, 6.45) is 1.48. The highest BCUT2D eigenvalue weighted by atomic mass is 16.5. The molecule has 0 saturated carbocycles. The highest BCUT2D eigenvalue weighted by Crippen LogP contribution is 2.12. The number of carbonyl (C=O) groups excluding carboxylic acids is 1. The lowest BCUT2D eigenvalue weighted by Gasteiger charge is -2.15. The summed E-state index contributed by atoms with van der Waals surface area (Å²) in [5.41, 5.74) is 2.56. The fourth-order valence-electron chi connectivity index (χ4n) is 1.43. The maximum absolute atomic E-state index is 11.4. The lowest BCUT2D eigenvalue weighted by atomic mass is 10.2. The van der Waals surface area contributed by atoms with Crippen LogP contribution in [-0.4, -0.2) is 37.6 Å². The molecule has 1 rings (SSSR count). The fourth-order valence-corrected chi connectivity index (χ4v) is 1.43. The third-order valence-electron chi connectivity index (χ3n) is 2.36. The zero-order chi connectivity index (χ0) is 12.7. The molecule has 1 amide bonds. The Morgan fingerprint density at radius 3 is 3.06 bits per heavy atom. The number of hydrogen-bond donors (Lipinski definition) is 2. The first kappa shape index (κ1) is 13.7. The zero-order valence-electron chi connectivity index (χ0n) is 10.2. The van der Waals surface area contributed by atoms with Crippen molar-refractivity contribution in [1.82, 2.24) is 10.3 Å². The SMILES string of the molecule is CCOCCN(C)Cc1occc1C(=O)NN. The lowest BCUT2D eigenvalue weighted by molar-refractivity contribution is 0.0948. The molecule has 0 aliphatic heterocycles. The minimum Gasteiger partial charge on any atom is -0.467 e. The molecule has 1 heterocycles. The van der Waals surface area contributed by atoms with Gasteiger partial charge in [-0.3, -0.25) is 15.1 Å². The van der Waals surface area contributed by atoms with Gasteiger partial charge in [0.2, 0.25) is 0 Å². The number of nitrogen functional groups attached to an aromatic ring is 1. The second-order valence-corrected chi connectivity index (χ2v) is 3.67. The highest BCUT2D eigenvalue weighted by molar-refractivity contribution is 5.94. The molecular weight excluding hydrogens is 222 g/mol. The zero-order valence-corrected chi connectivity index (χ0v) is 10.2. The summed E-state index contributed by atoms with van der Waals surface area (Å²) in [6, 6.07) is 1.61. The number of rotatable bonds is 7. The second kappa shape index (κ2) is 7.05. The molecule has 0 aliphatic rings. The van der Waals surface area contributed by atoms with Gasteiger partial charge >= 0.3 is 0 Å². The Bertz CT molecular complexity index is 351. The minimum atomic E-state index is -0.341. The van der Waals surface area contributed by atoms with E-state index in [1.165, 1.54) is 6.26 Å². The number of furan rings is 1. The van der Waals surface area contributed by atoms with Gasteiger partial charge in [0.1, 0.15) is 5.76 Å². The number of carbonyl (C=O) groups is 1. The van der Waals surface area contributed by atoms with Crippen molar-refractivity contribution in [3.05, 3.63) is 23.7 Å². The molecule has 0 aliphatic carbocycles. The number of hydrogen-bond acceptors (Lipinski definition) is 5. The van der Waals surface area contributed by atoms with Crippen molar-refractivity contribution in [3.8, 4) is 0 Å². The van der Waals surface area contributed by atoms with Crippen LogP contribution in [0.3, 0.4) is 0 Å². The van der Waals surface area contributed by atoms with Crippen LogP contribution in [0.2, 0.25) is 0 Å². The van der Waals surface area contributed by atoms with Crippen LogP contribution >= 0.6 is 0 Å². The summed E-state index contributed by atoms with van der Waals surface area (Å²) in [7, 11) is 1.94. The van der Waals surface area contributed by atoms with E-state index in [-0.39, 0.29) is 5.91 Å². The summed E-state index contributed by atoms with van der Waals surface area (Å²) in [6.45, 7) is 4.64. The first-order chi connectivity index (χ1) is 8.19. The van der Waals surface area contributed by atoms with E-state index in [0.29, 0.717) is 31.1 Å². The van der Waals surface area contributed by atoms with Gasteiger partial charge in [-0.25, -0.2) is 5.84 Å². The van der Waals surface area contributed by atoms with E-state index < -0.39 is 0 Å². The predicted molar refractivity (Wildman–Crippen MR) is 63.2 cm³/mol. The van der Waals surface area contributed by atoms with Crippen LogP contribution in [0.1, 0.15) is 23.0 Å². The molecule has 3 N–H and O–H groups in total. The van der Waals surface area contributed by atoms with Crippen LogP contribution in [0.5, 0.6) is 0 Å². The lowest BCUT2D eigenvalue weighted by Crippen LogP contribution is -2.31. The van der Waals surface area contributed by atoms with Gasteiger partial charge < -0.3 is 9.15 Å². The van der Waals surface area contributed by atoms with Crippen molar-refractivity contribution in [2.45, 2.75) is 13.5 Å². The molecule has 1 aromatic rings. The molecule has 96 valence electrons. The van der Waals surface area contributed by atoms with Gasteiger partial charge in [0.25, 0.3) is 5.91 Å². The van der Waals surface area contributed by atoms with Crippen LogP contribution in [0.4, 0.5) is 0 Å². The van der Waals surface area contributed by atoms with Crippen molar-refractivity contribution in [2.75, 3.05) is 26.8 Å². The molecule has 17 heavy (non-hydrogen) atoms.